The van der Waals surface area contributed by atoms with Crippen molar-refractivity contribution in [1.82, 2.24) is 4.98 Å². The minimum Gasteiger partial charge on any atom is -0.392 e. The number of aromatic nitrogens is 1. The van der Waals surface area contributed by atoms with Crippen LogP contribution in [0.15, 0.2) is 48.7 Å². The van der Waals surface area contributed by atoms with Crippen LogP contribution in [0.25, 0.3) is 0 Å². The molecule has 3 unspecified atom stereocenters. The van der Waals surface area contributed by atoms with Gasteiger partial charge in [-0.25, -0.2) is 0 Å². The van der Waals surface area contributed by atoms with E-state index in [1.54, 1.807) is 6.20 Å². The van der Waals surface area contributed by atoms with Crippen LogP contribution in [-0.2, 0) is 6.42 Å². The van der Waals surface area contributed by atoms with Crippen LogP contribution in [-0.4, -0.2) is 16.2 Å². The first kappa shape index (κ1) is 11.4. The van der Waals surface area contributed by atoms with E-state index in [-0.39, 0.29) is 17.9 Å². The number of hydrogen-bond acceptors (Lipinski definition) is 2. The van der Waals surface area contributed by atoms with Gasteiger partial charge in [-0.05, 0) is 29.7 Å². The Morgan fingerprint density at radius 3 is 2.67 bits per heavy atom. The lowest BCUT2D eigenvalue weighted by atomic mass is 9.71. The predicted octanol–water partition coefficient (Wildman–Crippen LogP) is 2.89. The number of aliphatic hydroxyl groups is 1. The fourth-order valence-corrected chi connectivity index (χ4v) is 2.77. The highest BCUT2D eigenvalue weighted by Gasteiger charge is 2.35. The number of nitrogens with zero attached hydrogens (tertiary/aromatic N) is 1. The minimum atomic E-state index is -0.352. The molecule has 1 aliphatic carbocycles. The largest absolute Gasteiger partial charge is 0.392 e. The van der Waals surface area contributed by atoms with E-state index in [1.165, 1.54) is 11.1 Å². The molecule has 1 aromatic carbocycles. The first-order chi connectivity index (χ1) is 8.77. The lowest BCUT2D eigenvalue weighted by Crippen LogP contribution is -2.32. The zero-order chi connectivity index (χ0) is 12.5. The number of benzene rings is 1. The molecule has 2 aromatic rings. The highest BCUT2D eigenvalue weighted by atomic mass is 16.3. The summed E-state index contributed by atoms with van der Waals surface area (Å²) in [5, 5.41) is 10.5. The maximum absolute atomic E-state index is 10.5. The maximum atomic E-state index is 10.5. The van der Waals surface area contributed by atoms with E-state index in [0.717, 1.165) is 12.1 Å². The fourth-order valence-electron chi connectivity index (χ4n) is 2.77. The summed E-state index contributed by atoms with van der Waals surface area (Å²) in [6.07, 6.45) is 2.41. The Labute approximate surface area is 107 Å². The smallest absolute Gasteiger partial charge is 0.0692 e. The van der Waals surface area contributed by atoms with Crippen LogP contribution >= 0.6 is 0 Å². The fraction of sp³-hybridized carbons (Fsp3) is 0.312. The van der Waals surface area contributed by atoms with E-state index in [0.29, 0.717) is 0 Å². The summed E-state index contributed by atoms with van der Waals surface area (Å²) >= 11 is 0. The van der Waals surface area contributed by atoms with Gasteiger partial charge < -0.3 is 5.11 Å². The molecule has 1 aromatic heterocycles. The summed E-state index contributed by atoms with van der Waals surface area (Å²) in [5.41, 5.74) is 3.64. The van der Waals surface area contributed by atoms with Gasteiger partial charge >= 0.3 is 0 Å². The average Bonchev–Trinajstić information content (AvgIpc) is 2.40. The van der Waals surface area contributed by atoms with Gasteiger partial charge in [0.25, 0.3) is 0 Å². The van der Waals surface area contributed by atoms with E-state index >= 15 is 0 Å². The van der Waals surface area contributed by atoms with Crippen LogP contribution in [0.3, 0.4) is 0 Å². The highest BCUT2D eigenvalue weighted by Crippen LogP contribution is 2.41. The molecule has 0 saturated heterocycles. The quantitative estimate of drug-likeness (QED) is 0.893. The highest BCUT2D eigenvalue weighted by molar-refractivity contribution is 5.41. The third-order valence-corrected chi connectivity index (χ3v) is 3.97. The van der Waals surface area contributed by atoms with Crippen molar-refractivity contribution >= 4 is 0 Å². The summed E-state index contributed by atoms with van der Waals surface area (Å²) in [7, 11) is 0. The predicted molar refractivity (Wildman–Crippen MR) is 71.5 cm³/mol. The second-order valence-electron chi connectivity index (χ2n) is 5.04. The van der Waals surface area contributed by atoms with Gasteiger partial charge in [0.15, 0.2) is 0 Å². The molecule has 1 heterocycles. The van der Waals surface area contributed by atoms with Gasteiger partial charge in [-0.15, -0.1) is 0 Å². The zero-order valence-corrected chi connectivity index (χ0v) is 10.5. The van der Waals surface area contributed by atoms with Gasteiger partial charge in [0.2, 0.25) is 0 Å². The van der Waals surface area contributed by atoms with Crippen molar-refractivity contribution in [3.63, 3.8) is 0 Å². The standard InChI is InChI=1S/C16H17NO/c1-11(15-8-4-5-9-17-15)16(18)14-10-12-6-2-3-7-13(12)14/h2-9,11,14,16,18H,10H2,1H3. The summed E-state index contributed by atoms with van der Waals surface area (Å²) in [6, 6.07) is 14.2. The van der Waals surface area contributed by atoms with Crippen molar-refractivity contribution in [1.29, 1.82) is 0 Å². The first-order valence-electron chi connectivity index (χ1n) is 6.44. The number of fused-ring (bicyclic) bond motifs is 1. The van der Waals surface area contributed by atoms with Gasteiger partial charge in [0.05, 0.1) is 6.10 Å². The molecule has 0 amide bonds. The average molecular weight is 239 g/mol. The molecule has 1 aliphatic rings. The molecular weight excluding hydrogens is 222 g/mol. The van der Waals surface area contributed by atoms with Crippen LogP contribution in [0.1, 0.15) is 35.6 Å². The second-order valence-corrected chi connectivity index (χ2v) is 5.04. The molecule has 0 radical (unpaired) electrons. The molecule has 2 nitrogen and oxygen atoms in total. The minimum absolute atomic E-state index is 0.0737. The van der Waals surface area contributed by atoms with Crippen LogP contribution in [0.4, 0.5) is 0 Å². The van der Waals surface area contributed by atoms with Crippen molar-refractivity contribution in [3.8, 4) is 0 Å². The number of hydrogen-bond donors (Lipinski definition) is 1. The van der Waals surface area contributed by atoms with Crippen LogP contribution < -0.4 is 0 Å². The Kier molecular flexibility index (Phi) is 2.88. The lowest BCUT2D eigenvalue weighted by Gasteiger charge is -2.36. The van der Waals surface area contributed by atoms with E-state index in [1.807, 2.05) is 31.2 Å². The Balaban J connectivity index is 1.79. The van der Waals surface area contributed by atoms with E-state index < -0.39 is 0 Å². The monoisotopic (exact) mass is 239 g/mol. The molecule has 0 aliphatic heterocycles. The number of rotatable bonds is 3. The van der Waals surface area contributed by atoms with Crippen molar-refractivity contribution in [3.05, 3.63) is 65.5 Å². The summed E-state index contributed by atoms with van der Waals surface area (Å²) in [4.78, 5) is 4.34. The topological polar surface area (TPSA) is 33.1 Å². The molecule has 18 heavy (non-hydrogen) atoms. The Morgan fingerprint density at radius 2 is 1.94 bits per heavy atom. The molecule has 1 N–H and O–H groups in total. The van der Waals surface area contributed by atoms with Gasteiger partial charge in [-0.3, -0.25) is 4.98 Å². The van der Waals surface area contributed by atoms with Gasteiger partial charge in [-0.1, -0.05) is 37.3 Å². The molecule has 0 fully saturated rings. The normalized spacial score (nSPS) is 20.7. The third-order valence-electron chi connectivity index (χ3n) is 3.97. The summed E-state index contributed by atoms with van der Waals surface area (Å²) in [5.74, 6) is 0.336. The Morgan fingerprint density at radius 1 is 1.17 bits per heavy atom. The first-order valence-corrected chi connectivity index (χ1v) is 6.44. The summed E-state index contributed by atoms with van der Waals surface area (Å²) in [6.45, 7) is 2.05. The maximum Gasteiger partial charge on any atom is 0.0692 e. The Bertz CT molecular complexity index is 536. The molecular formula is C16H17NO. The third kappa shape index (κ3) is 1.83. The van der Waals surface area contributed by atoms with Crippen LogP contribution in [0.5, 0.6) is 0 Å². The second kappa shape index (κ2) is 4.54. The van der Waals surface area contributed by atoms with Crippen molar-refractivity contribution in [2.45, 2.75) is 31.3 Å². The van der Waals surface area contributed by atoms with Crippen molar-refractivity contribution in [2.75, 3.05) is 0 Å². The summed E-state index contributed by atoms with van der Waals surface area (Å²) < 4.78 is 0. The van der Waals surface area contributed by atoms with E-state index in [9.17, 15) is 5.11 Å². The van der Waals surface area contributed by atoms with Crippen molar-refractivity contribution in [2.24, 2.45) is 0 Å². The number of aliphatic hydroxyl groups excluding tert-OH is 1. The van der Waals surface area contributed by atoms with Crippen LogP contribution in [0.2, 0.25) is 0 Å². The molecule has 2 heteroatoms. The van der Waals surface area contributed by atoms with E-state index in [2.05, 4.69) is 23.2 Å². The molecule has 92 valence electrons. The van der Waals surface area contributed by atoms with Gasteiger partial charge in [0.1, 0.15) is 0 Å². The molecule has 3 rings (SSSR count). The van der Waals surface area contributed by atoms with E-state index in [4.69, 9.17) is 0 Å². The van der Waals surface area contributed by atoms with Crippen LogP contribution in [0, 0.1) is 0 Å². The van der Waals surface area contributed by atoms with Gasteiger partial charge in [0, 0.05) is 23.7 Å². The molecule has 0 saturated carbocycles. The molecule has 3 atom stereocenters. The van der Waals surface area contributed by atoms with Gasteiger partial charge in [-0.2, -0.15) is 0 Å². The molecule has 0 bridgehead atoms. The lowest BCUT2D eigenvalue weighted by molar-refractivity contribution is 0.108. The SMILES string of the molecule is CC(c1ccccn1)C(O)C1Cc2ccccc21. The molecule has 0 spiro atoms. The Hall–Kier alpha value is -1.67. The van der Waals surface area contributed by atoms with Crippen molar-refractivity contribution < 1.29 is 5.11 Å². The number of pyridine rings is 1. The zero-order valence-electron chi connectivity index (χ0n) is 10.5.